The highest BCUT2D eigenvalue weighted by Gasteiger charge is 2.42. The Labute approximate surface area is 115 Å². The van der Waals surface area contributed by atoms with Crippen LogP contribution in [0.1, 0.15) is 12.8 Å². The average molecular weight is 283 g/mol. The van der Waals surface area contributed by atoms with Gasteiger partial charge in [0.15, 0.2) is 0 Å². The summed E-state index contributed by atoms with van der Waals surface area (Å²) in [5, 5.41) is 11.4. The molecule has 1 aromatic heterocycles. The Morgan fingerprint density at radius 2 is 2.26 bits per heavy atom. The van der Waals surface area contributed by atoms with Crippen molar-refractivity contribution in [2.24, 2.45) is 17.6 Å². The Hall–Kier alpha value is -1.40. The molecule has 102 valence electrons. The molecule has 2 fully saturated rings. The van der Waals surface area contributed by atoms with Crippen molar-refractivity contribution in [3.8, 4) is 0 Å². The van der Waals surface area contributed by atoms with Crippen LogP contribution in [0.5, 0.6) is 0 Å². The van der Waals surface area contributed by atoms with Crippen LogP contribution in [0.3, 0.4) is 0 Å². The molecule has 0 radical (unpaired) electrons. The fourth-order valence-corrected chi connectivity index (χ4v) is 3.43. The molecule has 1 aliphatic carbocycles. The predicted molar refractivity (Wildman–Crippen MR) is 72.3 cm³/mol. The van der Waals surface area contributed by atoms with Gasteiger partial charge in [-0.1, -0.05) is 11.6 Å². The first kappa shape index (κ1) is 12.6. The van der Waals surface area contributed by atoms with Gasteiger partial charge in [0.25, 0.3) is 0 Å². The van der Waals surface area contributed by atoms with Gasteiger partial charge in [0.1, 0.15) is 0 Å². The van der Waals surface area contributed by atoms with E-state index in [0.29, 0.717) is 17.7 Å². The molecule has 3 unspecified atom stereocenters. The van der Waals surface area contributed by atoms with E-state index in [2.05, 4.69) is 4.98 Å². The molecule has 2 aliphatic rings. The van der Waals surface area contributed by atoms with Crippen molar-refractivity contribution >= 4 is 23.1 Å². The van der Waals surface area contributed by atoms with Crippen LogP contribution in [-0.2, 0) is 0 Å². The molecular weight excluding hydrogens is 268 g/mol. The maximum Gasteiger partial charge on any atom is 0.313 e. The van der Waals surface area contributed by atoms with Crippen LogP contribution >= 0.6 is 11.6 Å². The first-order chi connectivity index (χ1) is 9.06. The number of hydrogen-bond donors (Lipinski definition) is 1. The molecule has 7 heteroatoms. The molecule has 3 rings (SSSR count). The lowest BCUT2D eigenvalue weighted by Gasteiger charge is -2.19. The van der Waals surface area contributed by atoms with Crippen molar-refractivity contribution in [2.45, 2.75) is 18.9 Å². The fraction of sp³-hybridized carbons (Fsp3) is 0.583. The van der Waals surface area contributed by atoms with E-state index < -0.39 is 4.92 Å². The summed E-state index contributed by atoms with van der Waals surface area (Å²) in [6.45, 7) is 1.55. The third kappa shape index (κ3) is 2.15. The number of pyridine rings is 1. The van der Waals surface area contributed by atoms with Crippen LogP contribution in [0.25, 0.3) is 0 Å². The van der Waals surface area contributed by atoms with Crippen molar-refractivity contribution in [1.82, 2.24) is 4.98 Å². The summed E-state index contributed by atoms with van der Waals surface area (Å²) in [6.07, 6.45) is 3.61. The van der Waals surface area contributed by atoms with Gasteiger partial charge >= 0.3 is 5.69 Å². The minimum Gasteiger partial charge on any atom is -0.350 e. The Bertz CT molecular complexity index is 524. The summed E-state index contributed by atoms with van der Waals surface area (Å²) in [5.41, 5.74) is 6.05. The number of halogens is 1. The van der Waals surface area contributed by atoms with Crippen molar-refractivity contribution in [1.29, 1.82) is 0 Å². The van der Waals surface area contributed by atoms with Crippen LogP contribution in [0.4, 0.5) is 11.5 Å². The first-order valence-electron chi connectivity index (χ1n) is 6.36. The quantitative estimate of drug-likeness (QED) is 0.660. The van der Waals surface area contributed by atoms with Gasteiger partial charge in [0.2, 0.25) is 5.82 Å². The topological polar surface area (TPSA) is 85.3 Å². The average Bonchev–Trinajstić information content (AvgIpc) is 2.92. The normalized spacial score (nSPS) is 29.6. The van der Waals surface area contributed by atoms with Crippen molar-refractivity contribution in [3.05, 3.63) is 27.4 Å². The van der Waals surface area contributed by atoms with E-state index >= 15 is 0 Å². The van der Waals surface area contributed by atoms with Crippen LogP contribution in [0.2, 0.25) is 5.02 Å². The number of nitrogens with zero attached hydrogens (tertiary/aromatic N) is 3. The number of fused-ring (bicyclic) bond motifs is 1. The Kier molecular flexibility index (Phi) is 3.06. The van der Waals surface area contributed by atoms with Crippen LogP contribution < -0.4 is 10.6 Å². The molecular formula is C12H15ClN4O2. The van der Waals surface area contributed by atoms with Crippen LogP contribution in [0, 0.1) is 22.0 Å². The van der Waals surface area contributed by atoms with Crippen LogP contribution in [-0.4, -0.2) is 29.0 Å². The number of rotatable bonds is 2. The van der Waals surface area contributed by atoms with Crippen molar-refractivity contribution in [2.75, 3.05) is 18.0 Å². The lowest BCUT2D eigenvalue weighted by Crippen LogP contribution is -2.30. The molecule has 0 aromatic carbocycles. The zero-order chi connectivity index (χ0) is 13.6. The van der Waals surface area contributed by atoms with E-state index in [9.17, 15) is 10.1 Å². The Morgan fingerprint density at radius 3 is 2.95 bits per heavy atom. The van der Waals surface area contributed by atoms with Crippen molar-refractivity contribution in [3.63, 3.8) is 0 Å². The monoisotopic (exact) mass is 282 g/mol. The molecule has 0 spiro atoms. The van der Waals surface area contributed by atoms with Gasteiger partial charge in [-0.2, -0.15) is 0 Å². The SMILES string of the molecule is NC1CCC2CN(c3ncc(Cl)cc3[N+](=O)[O-])CC12. The third-order valence-corrected chi connectivity index (χ3v) is 4.43. The lowest BCUT2D eigenvalue weighted by atomic mass is 9.98. The first-order valence-corrected chi connectivity index (χ1v) is 6.74. The minimum absolute atomic E-state index is 0.0268. The van der Waals surface area contributed by atoms with E-state index in [1.807, 2.05) is 4.90 Å². The molecule has 19 heavy (non-hydrogen) atoms. The predicted octanol–water partition coefficient (Wildman–Crippen LogP) is 1.82. The highest BCUT2D eigenvalue weighted by atomic mass is 35.5. The number of hydrogen-bond acceptors (Lipinski definition) is 5. The lowest BCUT2D eigenvalue weighted by molar-refractivity contribution is -0.384. The Balaban J connectivity index is 1.90. The van der Waals surface area contributed by atoms with E-state index in [0.717, 1.165) is 25.9 Å². The van der Waals surface area contributed by atoms with Gasteiger partial charge in [-0.3, -0.25) is 10.1 Å². The van der Waals surface area contributed by atoms with Crippen LogP contribution in [0.15, 0.2) is 12.3 Å². The maximum atomic E-state index is 11.1. The Morgan fingerprint density at radius 1 is 1.47 bits per heavy atom. The highest BCUT2D eigenvalue weighted by molar-refractivity contribution is 6.30. The number of nitro groups is 1. The summed E-state index contributed by atoms with van der Waals surface area (Å²) in [5.74, 6) is 1.38. The number of anilines is 1. The van der Waals surface area contributed by atoms with Gasteiger partial charge in [-0.15, -0.1) is 0 Å². The zero-order valence-electron chi connectivity index (χ0n) is 10.3. The molecule has 1 aromatic rings. The zero-order valence-corrected chi connectivity index (χ0v) is 11.1. The third-order valence-electron chi connectivity index (χ3n) is 4.22. The highest BCUT2D eigenvalue weighted by Crippen LogP contribution is 2.40. The van der Waals surface area contributed by atoms with Gasteiger partial charge < -0.3 is 10.6 Å². The molecule has 1 saturated heterocycles. The largest absolute Gasteiger partial charge is 0.350 e. The van der Waals surface area contributed by atoms with Crippen molar-refractivity contribution < 1.29 is 4.92 Å². The summed E-state index contributed by atoms with van der Waals surface area (Å²) >= 11 is 5.78. The van der Waals surface area contributed by atoms with E-state index in [1.165, 1.54) is 12.3 Å². The summed E-state index contributed by atoms with van der Waals surface area (Å²) < 4.78 is 0. The second-order valence-electron chi connectivity index (χ2n) is 5.32. The summed E-state index contributed by atoms with van der Waals surface area (Å²) in [4.78, 5) is 16.8. The second kappa shape index (κ2) is 4.61. The molecule has 1 aliphatic heterocycles. The molecule has 0 bridgehead atoms. The molecule has 0 amide bonds. The van der Waals surface area contributed by atoms with Gasteiger partial charge in [-0.25, -0.2) is 4.98 Å². The molecule has 2 heterocycles. The minimum atomic E-state index is -0.428. The molecule has 6 nitrogen and oxygen atoms in total. The fourth-order valence-electron chi connectivity index (χ4n) is 3.28. The molecule has 1 saturated carbocycles. The van der Waals surface area contributed by atoms with E-state index in [1.54, 1.807) is 0 Å². The number of aromatic nitrogens is 1. The van der Waals surface area contributed by atoms with E-state index in [4.69, 9.17) is 17.3 Å². The van der Waals surface area contributed by atoms with Gasteiger partial charge in [-0.05, 0) is 24.7 Å². The standard InChI is InChI=1S/C12H15ClN4O2/c13-8-3-11(17(18)19)12(15-4-8)16-5-7-1-2-10(14)9(7)6-16/h3-4,7,9-10H,1-2,5-6,14H2. The molecule has 2 N–H and O–H groups in total. The summed E-state index contributed by atoms with van der Waals surface area (Å²) in [6, 6.07) is 1.57. The van der Waals surface area contributed by atoms with Gasteiger partial charge in [0, 0.05) is 31.4 Å². The maximum absolute atomic E-state index is 11.1. The number of nitrogens with two attached hydrogens (primary N) is 1. The summed E-state index contributed by atoms with van der Waals surface area (Å²) in [7, 11) is 0. The second-order valence-corrected chi connectivity index (χ2v) is 5.76. The smallest absolute Gasteiger partial charge is 0.313 e. The molecule has 3 atom stereocenters. The van der Waals surface area contributed by atoms with Gasteiger partial charge in [0.05, 0.1) is 9.95 Å². The van der Waals surface area contributed by atoms with E-state index in [-0.39, 0.29) is 16.8 Å².